The maximum Gasteiger partial charge on any atom is 0.268 e. The average molecular weight is 1730 g/mol. The van der Waals surface area contributed by atoms with Crippen molar-refractivity contribution in [3.05, 3.63) is 292 Å². The zero-order chi connectivity index (χ0) is 86.5. The van der Waals surface area contributed by atoms with Gasteiger partial charge >= 0.3 is 0 Å². The van der Waals surface area contributed by atoms with Crippen LogP contribution in [0.5, 0.6) is 0 Å². The highest BCUT2D eigenvalue weighted by atomic mass is 35.5. The SMILES string of the molecule is Cc1c2n(c3c(-c4ccc(C#N)cc4)cc(F)cc13)CCNC2=O.Cc1c2n(c3c(-c4ccc(C(C)(C)C)cc4)cc(Cl)cc13)CCNC2=O.Cc1c2n(c3c(-c4ccc(Cl)cc4Cl)cc(F)cc13)CCNC2=O.Cc1c2n(c3c(-c4ccc(Cl)cc4F)cc(F)cc13)CCNC2=O.Cc1c2n(c3c(-c4ccc(F)cc4F)cc(F)cc13)CCNC2=O. The number of benzene rings is 10. The second kappa shape index (κ2) is 32.8. The quantitative estimate of drug-likeness (QED) is 0.106. The predicted octanol–water partition coefficient (Wildman–Crippen LogP) is 21.6. The molecule has 0 bridgehead atoms. The Labute approximate surface area is 715 Å². The number of hydrogen-bond acceptors (Lipinski definition) is 6. The van der Waals surface area contributed by atoms with E-state index in [1.54, 1.807) is 54.8 Å². The van der Waals surface area contributed by atoms with Gasteiger partial charge in [-0.25, -0.2) is 30.7 Å². The fourth-order valence-electron chi connectivity index (χ4n) is 17.5. The standard InChI is InChI=1S/C22H23ClN2O.C19H14FN3O.C18H13Cl2FN2O.C18H13ClF2N2O.C18H13F3N2O/c1-13-17-11-16(23)12-18(14-5-7-15(8-6-14)22(2,3)4)20(17)25-10-9-24-21(26)19(13)25;1-11-15-8-14(20)9-16(13-4-2-12(10-21)3-5-13)18(15)23-7-6-22-19(24)17(11)23;1-9-13-7-11(21)8-14(12-3-2-10(19)6-15(12)20)17(13)23-5-4-22-18(24)16(9)23;1-9-13-7-11(20)8-14(12-3-2-10(19)6-15(12)21)17(13)23-5-4-22-18(24)16(9)23;1-9-13-6-11(20)7-14(12-3-2-10(19)8-15(12)21)17(13)23-5-4-22-18(24)16(9)23/h5-8,11-12H,9-10H2,1-4H3,(H,24,26);2-5,8-9H,6-7H2,1H3,(H,22,24);3*2-3,6-8H,4-5H2,1H3,(H,22,24). The molecule has 0 atom stereocenters. The molecule has 27 heteroatoms. The number of nitrogens with zero attached hydrogens (tertiary/aromatic N) is 6. The lowest BCUT2D eigenvalue weighted by Gasteiger charge is -2.20. The number of nitriles is 1. The lowest BCUT2D eigenvalue weighted by atomic mass is 9.86. The van der Waals surface area contributed by atoms with Gasteiger partial charge in [0.2, 0.25) is 0 Å². The largest absolute Gasteiger partial charge is 0.349 e. The van der Waals surface area contributed by atoms with Crippen LogP contribution in [0, 0.1) is 86.7 Å². The number of carbonyl (C=O) groups excluding carboxylic acids is 5. The molecule has 5 N–H and O–H groups in total. The van der Waals surface area contributed by atoms with Gasteiger partial charge in [0.15, 0.2) is 0 Å². The van der Waals surface area contributed by atoms with Crippen LogP contribution in [0.2, 0.25) is 20.1 Å². The van der Waals surface area contributed by atoms with E-state index < -0.39 is 29.1 Å². The first-order chi connectivity index (χ1) is 58.3. The van der Waals surface area contributed by atoms with Crippen LogP contribution in [0.1, 0.15) is 112 Å². The Morgan fingerprint density at radius 1 is 0.320 bits per heavy atom. The molecule has 0 spiro atoms. The number of fused-ring (bicyclic) bond motifs is 15. The van der Waals surface area contributed by atoms with Crippen molar-refractivity contribution in [2.45, 2.75) is 93.5 Å². The monoisotopic (exact) mass is 1720 g/mol. The molecule has 0 saturated carbocycles. The van der Waals surface area contributed by atoms with E-state index in [9.17, 15) is 54.7 Å². The van der Waals surface area contributed by atoms with Crippen LogP contribution in [-0.2, 0) is 38.1 Å². The Morgan fingerprint density at radius 2 is 0.623 bits per heavy atom. The predicted molar refractivity (Wildman–Crippen MR) is 465 cm³/mol. The second-order valence-corrected chi connectivity index (χ2v) is 33.3. The summed E-state index contributed by atoms with van der Waals surface area (Å²) in [5.74, 6) is -4.40. The molecule has 5 aliphatic rings. The summed E-state index contributed by atoms with van der Waals surface area (Å²) in [4.78, 5) is 61.3. The van der Waals surface area contributed by atoms with Gasteiger partial charge in [0.05, 0.1) is 39.2 Å². The Morgan fingerprint density at radius 3 is 0.967 bits per heavy atom. The van der Waals surface area contributed by atoms with Crippen molar-refractivity contribution in [2.75, 3.05) is 32.7 Å². The van der Waals surface area contributed by atoms with E-state index in [4.69, 9.17) is 51.7 Å². The molecule has 15 aromatic rings. The third kappa shape index (κ3) is 15.0. The van der Waals surface area contributed by atoms with Crippen LogP contribution in [-0.4, -0.2) is 85.1 Å². The topological polar surface area (TPSA) is 194 Å². The van der Waals surface area contributed by atoms with E-state index >= 15 is 0 Å². The first-order valence-corrected chi connectivity index (χ1v) is 40.8. The van der Waals surface area contributed by atoms with Gasteiger partial charge in [0.25, 0.3) is 29.5 Å². The molecule has 16 nitrogen and oxygen atoms in total. The molecule has 0 aliphatic carbocycles. The fraction of sp³-hybridized carbons (Fsp3) is 0.200. The number of halogens is 11. The van der Waals surface area contributed by atoms with Crippen LogP contribution < -0.4 is 26.6 Å². The van der Waals surface area contributed by atoms with Gasteiger partial charge in [-0.05, 0) is 200 Å². The number of amides is 5. The lowest BCUT2D eigenvalue weighted by Crippen LogP contribution is -2.35. The molecule has 0 fully saturated rings. The summed E-state index contributed by atoms with van der Waals surface area (Å²) in [6, 6.07) is 45.6. The molecular weight excluding hydrogens is 1650 g/mol. The van der Waals surface area contributed by atoms with Gasteiger partial charge in [0, 0.05) is 163 Å². The fourth-order valence-corrected chi connectivity index (χ4v) is 18.4. The van der Waals surface area contributed by atoms with E-state index in [0.717, 1.165) is 96.0 Å². The van der Waals surface area contributed by atoms with Gasteiger partial charge in [0.1, 0.15) is 69.2 Å². The van der Waals surface area contributed by atoms with Crippen molar-refractivity contribution < 1.29 is 54.7 Å². The van der Waals surface area contributed by atoms with Gasteiger partial charge in [-0.15, -0.1) is 0 Å². The van der Waals surface area contributed by atoms with E-state index in [1.165, 1.54) is 72.3 Å². The van der Waals surface area contributed by atoms with Gasteiger partial charge < -0.3 is 49.4 Å². The number of hydrogen-bond donors (Lipinski definition) is 5. The first kappa shape index (κ1) is 83.1. The average Bonchev–Trinajstić information content (AvgIpc) is 1.61. The first-order valence-electron chi connectivity index (χ1n) is 39.3. The number of aromatic nitrogens is 5. The highest BCUT2D eigenvalue weighted by Crippen LogP contribution is 2.45. The van der Waals surface area contributed by atoms with Crippen molar-refractivity contribution in [3.63, 3.8) is 0 Å². The molecule has 20 rings (SSSR count). The molecule has 10 aromatic carbocycles. The van der Waals surface area contributed by atoms with Crippen LogP contribution in [0.15, 0.2) is 164 Å². The van der Waals surface area contributed by atoms with Gasteiger partial charge in [-0.3, -0.25) is 24.0 Å². The molecule has 5 amide bonds. The molecule has 0 radical (unpaired) electrons. The van der Waals surface area contributed by atoms with Crippen molar-refractivity contribution in [3.8, 4) is 61.7 Å². The molecule has 0 unspecified atom stereocenters. The van der Waals surface area contributed by atoms with Crippen molar-refractivity contribution >= 4 is 130 Å². The minimum absolute atomic E-state index is 0.00453. The number of nitrogens with one attached hydrogen (secondary N) is 5. The molecule has 5 aromatic heterocycles. The number of aryl methyl sites for hydroxylation is 5. The summed E-state index contributed by atoms with van der Waals surface area (Å²) in [6.45, 7) is 21.6. The molecule has 0 saturated heterocycles. The lowest BCUT2D eigenvalue weighted by molar-refractivity contribution is 0.0920. The van der Waals surface area contributed by atoms with E-state index in [1.807, 2.05) is 58.7 Å². The summed E-state index contributed by atoms with van der Waals surface area (Å²) < 4.78 is 108. The van der Waals surface area contributed by atoms with Gasteiger partial charge in [-0.1, -0.05) is 110 Å². The third-order valence-electron chi connectivity index (χ3n) is 23.1. The van der Waals surface area contributed by atoms with E-state index in [-0.39, 0.29) is 62.7 Å². The summed E-state index contributed by atoms with van der Waals surface area (Å²) in [7, 11) is 0. The van der Waals surface area contributed by atoms with Crippen LogP contribution in [0.4, 0.5) is 30.7 Å². The summed E-state index contributed by atoms with van der Waals surface area (Å²) in [5.41, 5.74) is 19.0. The molecule has 122 heavy (non-hydrogen) atoms. The second-order valence-electron chi connectivity index (χ2n) is 31.5. The van der Waals surface area contributed by atoms with Crippen molar-refractivity contribution in [2.24, 2.45) is 0 Å². The Kier molecular flexibility index (Phi) is 22.3. The Bertz CT molecular complexity index is 6620. The number of rotatable bonds is 5. The van der Waals surface area contributed by atoms with Crippen LogP contribution in [0.3, 0.4) is 0 Å². The maximum atomic E-state index is 14.4. The Hall–Kier alpha value is -12.6. The van der Waals surface area contributed by atoms with Gasteiger partial charge in [-0.2, -0.15) is 5.26 Å². The zero-order valence-electron chi connectivity index (χ0n) is 67.0. The smallest absolute Gasteiger partial charge is 0.268 e. The highest BCUT2D eigenvalue weighted by molar-refractivity contribution is 6.37. The minimum atomic E-state index is -0.768. The van der Waals surface area contributed by atoms with Crippen LogP contribution in [0.25, 0.3) is 110 Å². The molecule has 5 aliphatic heterocycles. The van der Waals surface area contributed by atoms with E-state index in [2.05, 4.69) is 82.3 Å². The maximum absolute atomic E-state index is 14.4. The highest BCUT2D eigenvalue weighted by Gasteiger charge is 2.33. The van der Waals surface area contributed by atoms with Crippen molar-refractivity contribution in [1.82, 2.24) is 49.4 Å². The molecule has 618 valence electrons. The normalized spacial score (nSPS) is 13.9. The Balaban J connectivity index is 0.000000113. The third-order valence-corrected chi connectivity index (χ3v) is 24.1. The van der Waals surface area contributed by atoms with Crippen molar-refractivity contribution in [1.29, 1.82) is 5.26 Å². The van der Waals surface area contributed by atoms with E-state index in [0.29, 0.717) is 157 Å². The summed E-state index contributed by atoms with van der Waals surface area (Å²) in [5, 5.41) is 28.7. The van der Waals surface area contributed by atoms with Crippen LogP contribution >= 0.6 is 46.4 Å². The summed E-state index contributed by atoms with van der Waals surface area (Å²) >= 11 is 24.6. The summed E-state index contributed by atoms with van der Waals surface area (Å²) in [6.07, 6.45) is 0. The molecular formula is C95H76Cl4F7N11O5. The zero-order valence-corrected chi connectivity index (χ0v) is 70.1. The minimum Gasteiger partial charge on any atom is -0.349 e. The molecule has 10 heterocycles. The number of carbonyl (C=O) groups is 5.